The normalized spacial score (nSPS) is 10.2. The van der Waals surface area contributed by atoms with Crippen LogP contribution in [0, 0.1) is 12.7 Å². The van der Waals surface area contributed by atoms with Crippen LogP contribution >= 0.6 is 0 Å². The molecule has 0 spiro atoms. The van der Waals surface area contributed by atoms with E-state index in [2.05, 4.69) is 15.3 Å². The van der Waals surface area contributed by atoms with Crippen molar-refractivity contribution in [1.82, 2.24) is 9.97 Å². The summed E-state index contributed by atoms with van der Waals surface area (Å²) >= 11 is 0. The van der Waals surface area contributed by atoms with Gasteiger partial charge in [0.1, 0.15) is 24.5 Å². The van der Waals surface area contributed by atoms with Crippen LogP contribution in [-0.4, -0.2) is 27.6 Å². The minimum absolute atomic E-state index is 0.223. The van der Waals surface area contributed by atoms with E-state index in [4.69, 9.17) is 5.11 Å². The molecule has 2 N–H and O–H groups in total. The molecule has 0 atom stereocenters. The lowest BCUT2D eigenvalue weighted by molar-refractivity contribution is -0.134. The maximum absolute atomic E-state index is 13.2. The Hall–Kier alpha value is -2.50. The molecule has 0 aliphatic rings. The highest BCUT2D eigenvalue weighted by molar-refractivity contribution is 5.72. The molecule has 1 heterocycles. The summed E-state index contributed by atoms with van der Waals surface area (Å²) in [6, 6.07) is 6.29. The van der Waals surface area contributed by atoms with Crippen molar-refractivity contribution >= 4 is 11.8 Å². The monoisotopic (exact) mass is 261 g/mol. The van der Waals surface area contributed by atoms with Gasteiger partial charge in [-0.25, -0.2) is 14.4 Å². The highest BCUT2D eigenvalue weighted by Crippen LogP contribution is 2.21. The molecule has 0 bridgehead atoms. The van der Waals surface area contributed by atoms with Crippen LogP contribution in [0.2, 0.25) is 0 Å². The third-order valence-electron chi connectivity index (χ3n) is 2.54. The molecule has 98 valence electrons. The fourth-order valence-corrected chi connectivity index (χ4v) is 1.58. The fourth-order valence-electron chi connectivity index (χ4n) is 1.58. The number of carboxylic acid groups (broad SMARTS) is 1. The van der Waals surface area contributed by atoms with E-state index in [-0.39, 0.29) is 12.4 Å². The average molecular weight is 261 g/mol. The molecule has 0 unspecified atom stereocenters. The maximum Gasteiger partial charge on any atom is 0.322 e. The first-order chi connectivity index (χ1) is 9.06. The highest BCUT2D eigenvalue weighted by atomic mass is 19.1. The van der Waals surface area contributed by atoms with Crippen LogP contribution in [-0.2, 0) is 4.79 Å². The van der Waals surface area contributed by atoms with Gasteiger partial charge in [0.15, 0.2) is 0 Å². The van der Waals surface area contributed by atoms with Crippen molar-refractivity contribution in [1.29, 1.82) is 0 Å². The molecule has 2 aromatic rings. The number of benzene rings is 1. The number of nitrogens with zero attached hydrogens (tertiary/aromatic N) is 2. The van der Waals surface area contributed by atoms with Gasteiger partial charge in [0.2, 0.25) is 0 Å². The number of aryl methyl sites for hydroxylation is 1. The Morgan fingerprint density at radius 2 is 2.16 bits per heavy atom. The number of carbonyl (C=O) groups is 1. The third kappa shape index (κ3) is 3.25. The number of hydrogen-bond donors (Lipinski definition) is 2. The first kappa shape index (κ1) is 12.9. The van der Waals surface area contributed by atoms with E-state index >= 15 is 0 Å². The van der Waals surface area contributed by atoms with Gasteiger partial charge in [-0.3, -0.25) is 4.79 Å². The Labute approximate surface area is 109 Å². The number of nitrogens with one attached hydrogen (secondary N) is 1. The van der Waals surface area contributed by atoms with Crippen LogP contribution in [0.15, 0.2) is 30.6 Å². The van der Waals surface area contributed by atoms with Gasteiger partial charge in [0.25, 0.3) is 0 Å². The Balaban J connectivity index is 2.27. The molecule has 0 radical (unpaired) electrons. The first-order valence-electron chi connectivity index (χ1n) is 5.60. The van der Waals surface area contributed by atoms with Crippen molar-refractivity contribution < 1.29 is 14.3 Å². The second-order valence-corrected chi connectivity index (χ2v) is 4.00. The summed E-state index contributed by atoms with van der Waals surface area (Å²) in [4.78, 5) is 18.5. The van der Waals surface area contributed by atoms with Gasteiger partial charge in [-0.05, 0) is 30.7 Å². The van der Waals surface area contributed by atoms with Crippen molar-refractivity contribution in [3.05, 3.63) is 42.0 Å². The summed E-state index contributed by atoms with van der Waals surface area (Å²) in [6.45, 7) is 1.45. The van der Waals surface area contributed by atoms with Crippen molar-refractivity contribution in [2.45, 2.75) is 6.92 Å². The summed E-state index contributed by atoms with van der Waals surface area (Å²) < 4.78 is 13.2. The number of rotatable bonds is 4. The highest BCUT2D eigenvalue weighted by Gasteiger charge is 2.05. The second kappa shape index (κ2) is 5.43. The van der Waals surface area contributed by atoms with Crippen LogP contribution < -0.4 is 5.32 Å². The van der Waals surface area contributed by atoms with E-state index in [9.17, 15) is 9.18 Å². The minimum Gasteiger partial charge on any atom is -0.480 e. The van der Waals surface area contributed by atoms with Crippen molar-refractivity contribution in [3.8, 4) is 11.3 Å². The number of halogens is 1. The Kier molecular flexibility index (Phi) is 3.70. The van der Waals surface area contributed by atoms with Crippen LogP contribution in [0.5, 0.6) is 0 Å². The Morgan fingerprint density at radius 1 is 1.37 bits per heavy atom. The van der Waals surface area contributed by atoms with Crippen LogP contribution in [0.25, 0.3) is 11.3 Å². The number of carboxylic acids is 1. The van der Waals surface area contributed by atoms with E-state index in [1.165, 1.54) is 12.4 Å². The number of anilines is 1. The Morgan fingerprint density at radius 3 is 2.84 bits per heavy atom. The number of aliphatic carboxylic acids is 1. The number of hydrogen-bond acceptors (Lipinski definition) is 4. The van der Waals surface area contributed by atoms with Gasteiger partial charge in [0, 0.05) is 11.6 Å². The van der Waals surface area contributed by atoms with Crippen molar-refractivity contribution in [3.63, 3.8) is 0 Å². The molecule has 1 aromatic carbocycles. The summed E-state index contributed by atoms with van der Waals surface area (Å²) in [5.41, 5.74) is 1.88. The van der Waals surface area contributed by atoms with Crippen LogP contribution in [0.1, 0.15) is 5.56 Å². The lowest BCUT2D eigenvalue weighted by atomic mass is 10.1. The second-order valence-electron chi connectivity index (χ2n) is 4.00. The van der Waals surface area contributed by atoms with E-state index < -0.39 is 5.97 Å². The largest absolute Gasteiger partial charge is 0.480 e. The van der Waals surface area contributed by atoms with Gasteiger partial charge in [-0.2, -0.15) is 0 Å². The molecule has 6 heteroatoms. The van der Waals surface area contributed by atoms with Gasteiger partial charge in [0.05, 0.1) is 5.69 Å². The predicted molar refractivity (Wildman–Crippen MR) is 68.3 cm³/mol. The summed E-state index contributed by atoms with van der Waals surface area (Å²) in [5.74, 6) is -0.839. The van der Waals surface area contributed by atoms with Crippen LogP contribution in [0.3, 0.4) is 0 Å². The molecule has 1 aromatic heterocycles. The molecule has 0 amide bonds. The maximum atomic E-state index is 13.2. The zero-order valence-electron chi connectivity index (χ0n) is 10.2. The zero-order valence-corrected chi connectivity index (χ0v) is 10.2. The average Bonchev–Trinajstić information content (AvgIpc) is 2.40. The molecule has 2 rings (SSSR count). The Bertz CT molecular complexity index is 617. The molecule has 0 saturated carbocycles. The molecule has 5 nitrogen and oxygen atoms in total. The van der Waals surface area contributed by atoms with E-state index in [0.29, 0.717) is 17.1 Å². The SMILES string of the molecule is Cc1cc(-c2cc(NCC(=O)O)ncn2)ccc1F. The van der Waals surface area contributed by atoms with Gasteiger partial charge in [-0.15, -0.1) is 0 Å². The van der Waals surface area contributed by atoms with E-state index in [1.807, 2.05) is 0 Å². The molecule has 0 saturated heterocycles. The summed E-state index contributed by atoms with van der Waals surface area (Å²) in [5, 5.41) is 11.2. The molecule has 0 aliphatic carbocycles. The lowest BCUT2D eigenvalue weighted by Gasteiger charge is -2.06. The minimum atomic E-state index is -0.974. The van der Waals surface area contributed by atoms with Crippen molar-refractivity contribution in [2.75, 3.05) is 11.9 Å². The topological polar surface area (TPSA) is 75.1 Å². The fraction of sp³-hybridized carbons (Fsp3) is 0.154. The van der Waals surface area contributed by atoms with Gasteiger partial charge >= 0.3 is 5.97 Å². The molecule has 0 aliphatic heterocycles. The van der Waals surface area contributed by atoms with Gasteiger partial charge < -0.3 is 10.4 Å². The van der Waals surface area contributed by atoms with Crippen LogP contribution in [0.4, 0.5) is 10.2 Å². The molecule has 0 fully saturated rings. The third-order valence-corrected chi connectivity index (χ3v) is 2.54. The summed E-state index contributed by atoms with van der Waals surface area (Å²) in [6.07, 6.45) is 1.33. The van der Waals surface area contributed by atoms with E-state index in [1.54, 1.807) is 25.1 Å². The molecule has 19 heavy (non-hydrogen) atoms. The molecular weight excluding hydrogens is 249 g/mol. The zero-order chi connectivity index (χ0) is 13.8. The molecular formula is C13H12FN3O2. The standard InChI is InChI=1S/C13H12FN3O2/c1-8-4-9(2-3-10(8)14)11-5-12(17-7-16-11)15-6-13(18)19/h2-5,7H,6H2,1H3,(H,18,19)(H,15,16,17). The number of aromatic nitrogens is 2. The van der Waals surface area contributed by atoms with Gasteiger partial charge in [-0.1, -0.05) is 0 Å². The van der Waals surface area contributed by atoms with Crippen molar-refractivity contribution in [2.24, 2.45) is 0 Å². The quantitative estimate of drug-likeness (QED) is 0.881. The predicted octanol–water partition coefficient (Wildman–Crippen LogP) is 2.09. The van der Waals surface area contributed by atoms with E-state index in [0.717, 1.165) is 5.56 Å². The smallest absolute Gasteiger partial charge is 0.322 e. The lowest BCUT2D eigenvalue weighted by Crippen LogP contribution is -2.13. The summed E-state index contributed by atoms with van der Waals surface area (Å²) in [7, 11) is 0. The first-order valence-corrected chi connectivity index (χ1v) is 5.60.